The molecule has 0 fully saturated rings. The average molecular weight is 207 g/mol. The molecule has 0 aromatic carbocycles. The molecule has 0 aliphatic carbocycles. The van der Waals surface area contributed by atoms with Gasteiger partial charge in [0.05, 0.1) is 6.04 Å². The van der Waals surface area contributed by atoms with Crippen LogP contribution in [-0.2, 0) is 0 Å². The lowest BCUT2D eigenvalue weighted by Gasteiger charge is -2.24. The second-order valence-corrected chi connectivity index (χ2v) is 3.72. The van der Waals surface area contributed by atoms with Gasteiger partial charge in [-0.2, -0.15) is 0 Å². The normalized spacial score (nSPS) is 13.1. The predicted molar refractivity (Wildman–Crippen MR) is 62.5 cm³/mol. The number of nitrogens with zero attached hydrogens (tertiary/aromatic N) is 2. The first-order valence-corrected chi connectivity index (χ1v) is 5.83. The maximum atomic E-state index is 4.34. The summed E-state index contributed by atoms with van der Waals surface area (Å²) in [5, 5.41) is 3.48. The Hall–Kier alpha value is -0.960. The Labute approximate surface area is 92.3 Å². The van der Waals surface area contributed by atoms with E-state index in [-0.39, 0.29) is 0 Å². The number of hydrogen-bond donors (Lipinski definition) is 1. The topological polar surface area (TPSA) is 37.8 Å². The summed E-state index contributed by atoms with van der Waals surface area (Å²) in [5.74, 6) is 1.54. The van der Waals surface area contributed by atoms with Crippen molar-refractivity contribution in [2.75, 3.05) is 6.54 Å². The van der Waals surface area contributed by atoms with E-state index in [2.05, 4.69) is 36.1 Å². The van der Waals surface area contributed by atoms with Crippen molar-refractivity contribution >= 4 is 0 Å². The van der Waals surface area contributed by atoms with E-state index >= 15 is 0 Å². The first-order valence-electron chi connectivity index (χ1n) is 5.83. The zero-order chi connectivity index (χ0) is 11.1. The third-order valence-electron chi connectivity index (χ3n) is 2.81. The second kappa shape index (κ2) is 6.51. The molecule has 1 unspecified atom stereocenters. The van der Waals surface area contributed by atoms with Gasteiger partial charge in [-0.1, -0.05) is 33.6 Å². The van der Waals surface area contributed by atoms with E-state index in [1.165, 1.54) is 0 Å². The SMILES string of the molecule is CCNC(c1ncccn1)C(CC)CC. The molecule has 0 saturated carbocycles. The lowest BCUT2D eigenvalue weighted by Crippen LogP contribution is -2.29. The van der Waals surface area contributed by atoms with Crippen molar-refractivity contribution in [3.63, 3.8) is 0 Å². The van der Waals surface area contributed by atoms with Crippen LogP contribution in [0.4, 0.5) is 0 Å². The van der Waals surface area contributed by atoms with Crippen molar-refractivity contribution in [2.45, 2.75) is 39.7 Å². The van der Waals surface area contributed by atoms with Crippen molar-refractivity contribution in [1.29, 1.82) is 0 Å². The summed E-state index contributed by atoms with van der Waals surface area (Å²) >= 11 is 0. The first-order chi connectivity index (χ1) is 7.33. The fourth-order valence-corrected chi connectivity index (χ4v) is 1.92. The summed E-state index contributed by atoms with van der Waals surface area (Å²) in [6, 6.07) is 2.16. The van der Waals surface area contributed by atoms with Gasteiger partial charge in [-0.25, -0.2) is 9.97 Å². The minimum Gasteiger partial charge on any atom is -0.307 e. The van der Waals surface area contributed by atoms with Crippen LogP contribution in [0.15, 0.2) is 18.5 Å². The van der Waals surface area contributed by atoms with Crippen LogP contribution >= 0.6 is 0 Å². The van der Waals surface area contributed by atoms with Gasteiger partial charge in [-0.05, 0) is 18.5 Å². The summed E-state index contributed by atoms with van der Waals surface area (Å²) in [6.07, 6.45) is 5.95. The van der Waals surface area contributed by atoms with Crippen molar-refractivity contribution in [3.8, 4) is 0 Å². The molecular weight excluding hydrogens is 186 g/mol. The van der Waals surface area contributed by atoms with Gasteiger partial charge in [-0.3, -0.25) is 0 Å². The average Bonchev–Trinajstić information content (AvgIpc) is 2.30. The minimum atomic E-state index is 0.297. The molecule has 0 amide bonds. The van der Waals surface area contributed by atoms with Crippen molar-refractivity contribution in [1.82, 2.24) is 15.3 Å². The summed E-state index contributed by atoms with van der Waals surface area (Å²) in [5.41, 5.74) is 0. The molecular formula is C12H21N3. The third-order valence-corrected chi connectivity index (χ3v) is 2.81. The lowest BCUT2D eigenvalue weighted by atomic mass is 9.93. The second-order valence-electron chi connectivity index (χ2n) is 3.72. The van der Waals surface area contributed by atoms with Crippen molar-refractivity contribution in [3.05, 3.63) is 24.3 Å². The quantitative estimate of drug-likeness (QED) is 0.779. The molecule has 0 bridgehead atoms. The molecule has 1 aromatic heterocycles. The highest BCUT2D eigenvalue weighted by Crippen LogP contribution is 2.24. The highest BCUT2D eigenvalue weighted by molar-refractivity contribution is 4.98. The van der Waals surface area contributed by atoms with E-state index in [0.29, 0.717) is 12.0 Å². The largest absolute Gasteiger partial charge is 0.307 e. The minimum absolute atomic E-state index is 0.297. The molecule has 3 heteroatoms. The van der Waals surface area contributed by atoms with Gasteiger partial charge in [0.2, 0.25) is 0 Å². The van der Waals surface area contributed by atoms with E-state index in [1.807, 2.05) is 18.5 Å². The molecule has 1 N–H and O–H groups in total. The summed E-state index contributed by atoms with van der Waals surface area (Å²) in [6.45, 7) is 7.53. The van der Waals surface area contributed by atoms with Crippen molar-refractivity contribution < 1.29 is 0 Å². The molecule has 1 atom stereocenters. The molecule has 0 aliphatic rings. The molecule has 1 heterocycles. The maximum Gasteiger partial charge on any atom is 0.145 e. The molecule has 3 nitrogen and oxygen atoms in total. The van der Waals surface area contributed by atoms with Crippen LogP contribution in [0.5, 0.6) is 0 Å². The molecule has 84 valence electrons. The molecule has 1 aromatic rings. The van der Waals surface area contributed by atoms with Gasteiger partial charge in [0.1, 0.15) is 5.82 Å². The molecule has 1 rings (SSSR count). The standard InChI is InChI=1S/C12H21N3/c1-4-10(5-2)11(13-6-3)12-14-8-7-9-15-12/h7-11,13H,4-6H2,1-3H3. The van der Waals surface area contributed by atoms with E-state index in [0.717, 1.165) is 25.2 Å². The van der Waals surface area contributed by atoms with E-state index < -0.39 is 0 Å². The number of hydrogen-bond acceptors (Lipinski definition) is 3. The van der Waals surface area contributed by atoms with E-state index in [1.54, 1.807) is 0 Å². The van der Waals surface area contributed by atoms with E-state index in [4.69, 9.17) is 0 Å². The predicted octanol–water partition coefficient (Wildman–Crippen LogP) is 2.56. The number of rotatable bonds is 6. The smallest absolute Gasteiger partial charge is 0.145 e. The fraction of sp³-hybridized carbons (Fsp3) is 0.667. The van der Waals surface area contributed by atoms with Crippen LogP contribution in [0.1, 0.15) is 45.5 Å². The van der Waals surface area contributed by atoms with Gasteiger partial charge in [0, 0.05) is 12.4 Å². The molecule has 0 aliphatic heterocycles. The zero-order valence-corrected chi connectivity index (χ0v) is 9.90. The molecule has 15 heavy (non-hydrogen) atoms. The first kappa shape index (κ1) is 12.1. The Balaban J connectivity index is 2.81. The lowest BCUT2D eigenvalue weighted by molar-refractivity contribution is 0.333. The third kappa shape index (κ3) is 3.27. The summed E-state index contributed by atoms with van der Waals surface area (Å²) in [4.78, 5) is 8.68. The van der Waals surface area contributed by atoms with Crippen molar-refractivity contribution in [2.24, 2.45) is 5.92 Å². The molecule has 0 saturated heterocycles. The maximum absolute atomic E-state index is 4.34. The monoisotopic (exact) mass is 207 g/mol. The Morgan fingerprint density at radius 1 is 1.13 bits per heavy atom. The Bertz CT molecular complexity index is 257. The Kier molecular flexibility index (Phi) is 5.26. The zero-order valence-electron chi connectivity index (χ0n) is 9.90. The van der Waals surface area contributed by atoms with E-state index in [9.17, 15) is 0 Å². The number of nitrogens with one attached hydrogen (secondary N) is 1. The Morgan fingerprint density at radius 2 is 1.73 bits per heavy atom. The molecule has 0 radical (unpaired) electrons. The van der Waals surface area contributed by atoms with Crippen LogP contribution in [0.3, 0.4) is 0 Å². The van der Waals surface area contributed by atoms with Gasteiger partial charge in [0.15, 0.2) is 0 Å². The van der Waals surface area contributed by atoms with Crippen LogP contribution < -0.4 is 5.32 Å². The van der Waals surface area contributed by atoms with Crippen LogP contribution in [0.25, 0.3) is 0 Å². The van der Waals surface area contributed by atoms with Crippen LogP contribution in [0.2, 0.25) is 0 Å². The Morgan fingerprint density at radius 3 is 2.20 bits per heavy atom. The highest BCUT2D eigenvalue weighted by atomic mass is 15.0. The summed E-state index contributed by atoms with van der Waals surface area (Å²) in [7, 11) is 0. The summed E-state index contributed by atoms with van der Waals surface area (Å²) < 4.78 is 0. The van der Waals surface area contributed by atoms with Gasteiger partial charge in [-0.15, -0.1) is 0 Å². The highest BCUT2D eigenvalue weighted by Gasteiger charge is 2.21. The van der Waals surface area contributed by atoms with Gasteiger partial charge in [0.25, 0.3) is 0 Å². The fourth-order valence-electron chi connectivity index (χ4n) is 1.92. The number of aromatic nitrogens is 2. The van der Waals surface area contributed by atoms with Gasteiger partial charge >= 0.3 is 0 Å². The van der Waals surface area contributed by atoms with Crippen LogP contribution in [-0.4, -0.2) is 16.5 Å². The van der Waals surface area contributed by atoms with Crippen LogP contribution in [0, 0.1) is 5.92 Å². The molecule has 0 spiro atoms. The van der Waals surface area contributed by atoms with Gasteiger partial charge < -0.3 is 5.32 Å².